The molecule has 0 bridgehead atoms. The number of hydrogen-bond donors (Lipinski definition) is 0. The van der Waals surface area contributed by atoms with Crippen molar-refractivity contribution in [1.29, 1.82) is 0 Å². The van der Waals surface area contributed by atoms with Crippen LogP contribution in [0.1, 0.15) is 39.0 Å². The van der Waals surface area contributed by atoms with E-state index in [-0.39, 0.29) is 0 Å². The van der Waals surface area contributed by atoms with Crippen LogP contribution < -0.4 is 4.90 Å². The molecule has 16 heavy (non-hydrogen) atoms. The van der Waals surface area contributed by atoms with E-state index >= 15 is 0 Å². The summed E-state index contributed by atoms with van der Waals surface area (Å²) >= 11 is 3.41. The molecule has 0 spiro atoms. The molecule has 0 amide bonds. The summed E-state index contributed by atoms with van der Waals surface area (Å²) < 4.78 is 0.873. The molecule has 1 saturated heterocycles. The van der Waals surface area contributed by atoms with E-state index in [1.807, 2.05) is 6.07 Å². The van der Waals surface area contributed by atoms with Crippen LogP contribution in [0.2, 0.25) is 0 Å². The second kappa shape index (κ2) is 5.62. The Kier molecular flexibility index (Phi) is 4.16. The Hall–Kier alpha value is -0.640. The SMILES string of the molecule is CCCC1CCCCN1c1cc(Br)ncn1. The lowest BCUT2D eigenvalue weighted by Gasteiger charge is -2.36. The molecule has 4 heteroatoms. The van der Waals surface area contributed by atoms with Crippen LogP contribution in [0.4, 0.5) is 5.82 Å². The Bertz CT molecular complexity index is 341. The highest BCUT2D eigenvalue weighted by Gasteiger charge is 2.22. The molecule has 88 valence electrons. The van der Waals surface area contributed by atoms with Gasteiger partial charge in [0.05, 0.1) is 0 Å². The van der Waals surface area contributed by atoms with E-state index in [1.54, 1.807) is 6.33 Å². The molecular formula is C12H18BrN3. The molecule has 0 radical (unpaired) electrons. The van der Waals surface area contributed by atoms with Gasteiger partial charge < -0.3 is 4.90 Å². The van der Waals surface area contributed by atoms with Crippen LogP contribution in [0.5, 0.6) is 0 Å². The average molecular weight is 284 g/mol. The monoisotopic (exact) mass is 283 g/mol. The van der Waals surface area contributed by atoms with Crippen molar-refractivity contribution in [3.63, 3.8) is 0 Å². The number of hydrogen-bond acceptors (Lipinski definition) is 3. The van der Waals surface area contributed by atoms with E-state index in [2.05, 4.69) is 37.7 Å². The zero-order valence-electron chi connectivity index (χ0n) is 9.69. The minimum atomic E-state index is 0.667. The third-order valence-electron chi connectivity index (χ3n) is 3.16. The normalized spacial score (nSPS) is 21.1. The molecule has 2 heterocycles. The summed E-state index contributed by atoms with van der Waals surface area (Å²) in [7, 11) is 0. The zero-order valence-corrected chi connectivity index (χ0v) is 11.3. The Morgan fingerprint density at radius 3 is 3.06 bits per heavy atom. The Morgan fingerprint density at radius 2 is 2.31 bits per heavy atom. The minimum absolute atomic E-state index is 0.667. The highest BCUT2D eigenvalue weighted by molar-refractivity contribution is 9.10. The van der Waals surface area contributed by atoms with Gasteiger partial charge in [-0.05, 0) is 41.6 Å². The minimum Gasteiger partial charge on any atom is -0.354 e. The van der Waals surface area contributed by atoms with Gasteiger partial charge in [0.1, 0.15) is 16.7 Å². The predicted octanol–water partition coefficient (Wildman–Crippen LogP) is 3.40. The summed E-state index contributed by atoms with van der Waals surface area (Å²) in [5.74, 6) is 1.07. The van der Waals surface area contributed by atoms with Gasteiger partial charge in [0, 0.05) is 18.7 Å². The van der Waals surface area contributed by atoms with E-state index in [0.29, 0.717) is 6.04 Å². The predicted molar refractivity (Wildman–Crippen MR) is 69.6 cm³/mol. The van der Waals surface area contributed by atoms with Gasteiger partial charge in [-0.2, -0.15) is 0 Å². The molecular weight excluding hydrogens is 266 g/mol. The molecule has 0 N–H and O–H groups in total. The second-order valence-electron chi connectivity index (χ2n) is 4.33. The highest BCUT2D eigenvalue weighted by atomic mass is 79.9. The first kappa shape index (κ1) is 11.8. The third-order valence-corrected chi connectivity index (χ3v) is 3.60. The maximum absolute atomic E-state index is 4.38. The van der Waals surface area contributed by atoms with Crippen LogP contribution in [-0.4, -0.2) is 22.6 Å². The van der Waals surface area contributed by atoms with E-state index in [4.69, 9.17) is 0 Å². The van der Waals surface area contributed by atoms with E-state index in [0.717, 1.165) is 17.0 Å². The first-order valence-corrected chi connectivity index (χ1v) is 6.84. The van der Waals surface area contributed by atoms with Crippen LogP contribution in [0.25, 0.3) is 0 Å². The molecule has 0 saturated carbocycles. The van der Waals surface area contributed by atoms with Crippen molar-refractivity contribution in [2.45, 2.75) is 45.1 Å². The van der Waals surface area contributed by atoms with E-state index < -0.39 is 0 Å². The number of halogens is 1. The lowest BCUT2D eigenvalue weighted by Crippen LogP contribution is -2.40. The van der Waals surface area contributed by atoms with Crippen molar-refractivity contribution in [1.82, 2.24) is 9.97 Å². The largest absolute Gasteiger partial charge is 0.354 e. The van der Waals surface area contributed by atoms with Crippen molar-refractivity contribution in [2.24, 2.45) is 0 Å². The molecule has 1 aromatic rings. The lowest BCUT2D eigenvalue weighted by atomic mass is 9.98. The number of piperidine rings is 1. The van der Waals surface area contributed by atoms with Gasteiger partial charge in [0.25, 0.3) is 0 Å². The topological polar surface area (TPSA) is 29.0 Å². The molecule has 1 aliphatic heterocycles. The summed E-state index contributed by atoms with van der Waals surface area (Å²) in [5, 5.41) is 0. The number of nitrogens with zero attached hydrogens (tertiary/aromatic N) is 3. The molecule has 1 fully saturated rings. The molecule has 1 atom stereocenters. The first-order chi connectivity index (χ1) is 7.81. The molecule has 0 aromatic carbocycles. The van der Waals surface area contributed by atoms with Crippen LogP contribution in [0, 0.1) is 0 Å². The van der Waals surface area contributed by atoms with Gasteiger partial charge in [-0.25, -0.2) is 9.97 Å². The summed E-state index contributed by atoms with van der Waals surface area (Å²) in [5.41, 5.74) is 0. The third kappa shape index (κ3) is 2.73. The summed E-state index contributed by atoms with van der Waals surface area (Å²) in [6, 6.07) is 2.69. The highest BCUT2D eigenvalue weighted by Crippen LogP contribution is 2.26. The number of anilines is 1. The fraction of sp³-hybridized carbons (Fsp3) is 0.667. The van der Waals surface area contributed by atoms with E-state index in [9.17, 15) is 0 Å². The van der Waals surface area contributed by atoms with Gasteiger partial charge in [-0.15, -0.1) is 0 Å². The zero-order chi connectivity index (χ0) is 11.4. The fourth-order valence-electron chi connectivity index (χ4n) is 2.42. The molecule has 1 unspecified atom stereocenters. The van der Waals surface area contributed by atoms with Gasteiger partial charge in [0.2, 0.25) is 0 Å². The summed E-state index contributed by atoms with van der Waals surface area (Å²) in [4.78, 5) is 10.9. The molecule has 0 aliphatic carbocycles. The number of rotatable bonds is 3. The van der Waals surface area contributed by atoms with Crippen LogP contribution in [-0.2, 0) is 0 Å². The van der Waals surface area contributed by atoms with Crippen molar-refractivity contribution >= 4 is 21.7 Å². The van der Waals surface area contributed by atoms with Crippen LogP contribution in [0.15, 0.2) is 17.0 Å². The Balaban J connectivity index is 2.16. The molecule has 2 rings (SSSR count). The van der Waals surface area contributed by atoms with Crippen molar-refractivity contribution in [3.8, 4) is 0 Å². The Labute approximate surface area is 105 Å². The quantitative estimate of drug-likeness (QED) is 0.797. The molecule has 1 aromatic heterocycles. The van der Waals surface area contributed by atoms with E-state index in [1.165, 1.54) is 32.1 Å². The summed E-state index contributed by atoms with van der Waals surface area (Å²) in [6.45, 7) is 3.39. The smallest absolute Gasteiger partial charge is 0.133 e. The summed E-state index contributed by atoms with van der Waals surface area (Å²) in [6.07, 6.45) is 8.08. The second-order valence-corrected chi connectivity index (χ2v) is 5.14. The van der Waals surface area contributed by atoms with Crippen molar-refractivity contribution in [3.05, 3.63) is 17.0 Å². The standard InChI is InChI=1S/C12H18BrN3/c1-2-5-10-6-3-4-7-16(10)12-8-11(13)14-9-15-12/h8-10H,2-7H2,1H3. The maximum atomic E-state index is 4.38. The first-order valence-electron chi connectivity index (χ1n) is 6.05. The van der Waals surface area contributed by atoms with Gasteiger partial charge in [-0.1, -0.05) is 13.3 Å². The fourth-order valence-corrected chi connectivity index (χ4v) is 2.71. The van der Waals surface area contributed by atoms with Crippen LogP contribution >= 0.6 is 15.9 Å². The maximum Gasteiger partial charge on any atom is 0.133 e. The Morgan fingerprint density at radius 1 is 1.44 bits per heavy atom. The van der Waals surface area contributed by atoms with Gasteiger partial charge in [0.15, 0.2) is 0 Å². The van der Waals surface area contributed by atoms with Crippen molar-refractivity contribution < 1.29 is 0 Å². The average Bonchev–Trinajstić information content (AvgIpc) is 2.30. The van der Waals surface area contributed by atoms with Crippen molar-refractivity contribution in [2.75, 3.05) is 11.4 Å². The van der Waals surface area contributed by atoms with Crippen LogP contribution in [0.3, 0.4) is 0 Å². The van der Waals surface area contributed by atoms with Gasteiger partial charge in [-0.3, -0.25) is 0 Å². The van der Waals surface area contributed by atoms with Gasteiger partial charge >= 0.3 is 0 Å². The lowest BCUT2D eigenvalue weighted by molar-refractivity contribution is 0.431. The molecule has 1 aliphatic rings. The number of aromatic nitrogens is 2. The molecule has 3 nitrogen and oxygen atoms in total.